The summed E-state index contributed by atoms with van der Waals surface area (Å²) in [4.78, 5) is 11.6. The van der Waals surface area contributed by atoms with Gasteiger partial charge < -0.3 is 5.11 Å². The van der Waals surface area contributed by atoms with Gasteiger partial charge in [0.15, 0.2) is 0 Å². The Balaban J connectivity index is 2.44. The standard InChI is InChI=1S/C14H20N2O4S/c1-14(2,3)15-21(19,20)16-9-8-10-6-4-5-7-11(10)12(16)13(17)18/h4-7,12,15H,8-9H2,1-3H3,(H,17,18). The van der Waals surface area contributed by atoms with Gasteiger partial charge in [0, 0.05) is 12.1 Å². The van der Waals surface area contributed by atoms with Gasteiger partial charge in [-0.2, -0.15) is 17.4 Å². The minimum absolute atomic E-state index is 0.152. The van der Waals surface area contributed by atoms with E-state index in [1.165, 1.54) is 0 Å². The highest BCUT2D eigenvalue weighted by Gasteiger charge is 2.40. The van der Waals surface area contributed by atoms with E-state index in [1.807, 2.05) is 12.1 Å². The molecule has 6 nitrogen and oxygen atoms in total. The number of hydrogen-bond donors (Lipinski definition) is 2. The molecule has 0 aliphatic carbocycles. The van der Waals surface area contributed by atoms with E-state index in [4.69, 9.17) is 0 Å². The van der Waals surface area contributed by atoms with Gasteiger partial charge in [0.1, 0.15) is 6.04 Å². The fourth-order valence-corrected chi connectivity index (χ4v) is 4.21. The summed E-state index contributed by atoms with van der Waals surface area (Å²) in [5, 5.41) is 9.48. The molecule has 1 aromatic carbocycles. The average molecular weight is 312 g/mol. The van der Waals surface area contributed by atoms with Crippen molar-refractivity contribution in [3.63, 3.8) is 0 Å². The number of aliphatic carboxylic acids is 1. The first kappa shape index (κ1) is 15.9. The number of hydrogen-bond acceptors (Lipinski definition) is 3. The zero-order valence-corrected chi connectivity index (χ0v) is 13.1. The average Bonchev–Trinajstić information content (AvgIpc) is 2.34. The third kappa shape index (κ3) is 3.42. The Labute approximate surface area is 125 Å². The highest BCUT2D eigenvalue weighted by atomic mass is 32.2. The van der Waals surface area contributed by atoms with E-state index in [1.54, 1.807) is 32.9 Å². The molecule has 116 valence electrons. The molecule has 2 rings (SSSR count). The van der Waals surface area contributed by atoms with Gasteiger partial charge in [0.2, 0.25) is 0 Å². The van der Waals surface area contributed by atoms with Crippen molar-refractivity contribution < 1.29 is 18.3 Å². The third-order valence-electron chi connectivity index (χ3n) is 3.22. The maximum Gasteiger partial charge on any atom is 0.326 e. The van der Waals surface area contributed by atoms with Gasteiger partial charge in [-0.05, 0) is 38.3 Å². The predicted molar refractivity (Wildman–Crippen MR) is 79.0 cm³/mol. The SMILES string of the molecule is CC(C)(C)NS(=O)(=O)N1CCc2ccccc2C1C(=O)O. The molecular formula is C14H20N2O4S. The van der Waals surface area contributed by atoms with Gasteiger partial charge in [0.25, 0.3) is 10.2 Å². The molecule has 0 spiro atoms. The van der Waals surface area contributed by atoms with Gasteiger partial charge in [-0.25, -0.2) is 0 Å². The van der Waals surface area contributed by atoms with Gasteiger partial charge in [-0.3, -0.25) is 4.79 Å². The monoisotopic (exact) mass is 312 g/mol. The first-order valence-electron chi connectivity index (χ1n) is 6.73. The second-order valence-electron chi connectivity index (χ2n) is 6.16. The molecule has 1 unspecified atom stereocenters. The summed E-state index contributed by atoms with van der Waals surface area (Å²) in [5.74, 6) is -1.17. The minimum Gasteiger partial charge on any atom is -0.480 e. The largest absolute Gasteiger partial charge is 0.480 e. The first-order valence-corrected chi connectivity index (χ1v) is 8.17. The Morgan fingerprint density at radius 3 is 2.52 bits per heavy atom. The quantitative estimate of drug-likeness (QED) is 0.881. The molecule has 1 aromatic rings. The van der Waals surface area contributed by atoms with Crippen molar-refractivity contribution in [2.75, 3.05) is 6.54 Å². The molecule has 1 aliphatic rings. The van der Waals surface area contributed by atoms with E-state index >= 15 is 0 Å². The molecule has 0 fully saturated rings. The summed E-state index contributed by atoms with van der Waals surface area (Å²) >= 11 is 0. The van der Waals surface area contributed by atoms with Gasteiger partial charge in [-0.15, -0.1) is 0 Å². The van der Waals surface area contributed by atoms with Crippen LogP contribution in [-0.4, -0.2) is 35.9 Å². The van der Waals surface area contributed by atoms with Gasteiger partial charge in [0.05, 0.1) is 0 Å². The summed E-state index contributed by atoms with van der Waals surface area (Å²) in [6.45, 7) is 5.31. The van der Waals surface area contributed by atoms with Crippen LogP contribution >= 0.6 is 0 Å². The number of nitrogens with zero attached hydrogens (tertiary/aromatic N) is 1. The molecule has 1 aliphatic heterocycles. The summed E-state index contributed by atoms with van der Waals surface area (Å²) in [6.07, 6.45) is 0.505. The summed E-state index contributed by atoms with van der Waals surface area (Å²) in [5.41, 5.74) is 0.751. The summed E-state index contributed by atoms with van der Waals surface area (Å²) < 4.78 is 28.5. The fraction of sp³-hybridized carbons (Fsp3) is 0.500. The maximum absolute atomic E-state index is 12.5. The molecular weight excluding hydrogens is 292 g/mol. The van der Waals surface area contributed by atoms with Crippen molar-refractivity contribution in [3.8, 4) is 0 Å². The number of carbonyl (C=O) groups is 1. The van der Waals surface area contributed by atoms with Crippen molar-refractivity contribution in [3.05, 3.63) is 35.4 Å². The Morgan fingerprint density at radius 2 is 1.95 bits per heavy atom. The van der Waals surface area contributed by atoms with Crippen LogP contribution in [-0.2, 0) is 21.4 Å². The fourth-order valence-electron chi connectivity index (χ4n) is 2.50. The molecule has 0 amide bonds. The van der Waals surface area contributed by atoms with Gasteiger partial charge in [-0.1, -0.05) is 24.3 Å². The Hall–Kier alpha value is -1.44. The van der Waals surface area contributed by atoms with Crippen molar-refractivity contribution >= 4 is 16.2 Å². The Morgan fingerprint density at radius 1 is 1.33 bits per heavy atom. The van der Waals surface area contributed by atoms with Crippen LogP contribution in [0.15, 0.2) is 24.3 Å². The molecule has 2 N–H and O–H groups in total. The lowest BCUT2D eigenvalue weighted by Gasteiger charge is -2.35. The molecule has 1 heterocycles. The highest BCUT2D eigenvalue weighted by Crippen LogP contribution is 2.32. The predicted octanol–water partition coefficient (Wildman–Crippen LogP) is 1.30. The molecule has 1 atom stereocenters. The van der Waals surface area contributed by atoms with E-state index in [-0.39, 0.29) is 6.54 Å². The number of rotatable bonds is 3. The zero-order valence-electron chi connectivity index (χ0n) is 12.3. The van der Waals surface area contributed by atoms with Crippen molar-refractivity contribution in [1.29, 1.82) is 0 Å². The number of fused-ring (bicyclic) bond motifs is 1. The lowest BCUT2D eigenvalue weighted by molar-refractivity contribution is -0.142. The van der Waals surface area contributed by atoms with E-state index < -0.39 is 27.8 Å². The second-order valence-corrected chi connectivity index (χ2v) is 7.78. The van der Waals surface area contributed by atoms with E-state index in [0.717, 1.165) is 9.87 Å². The van der Waals surface area contributed by atoms with E-state index in [9.17, 15) is 18.3 Å². The minimum atomic E-state index is -3.88. The number of carboxylic acids is 1. The molecule has 0 aromatic heterocycles. The molecule has 0 bridgehead atoms. The lowest BCUT2D eigenvalue weighted by Crippen LogP contribution is -2.53. The van der Waals surface area contributed by atoms with Crippen LogP contribution < -0.4 is 4.72 Å². The third-order valence-corrected chi connectivity index (χ3v) is 5.10. The number of carboxylic acid groups (broad SMARTS) is 1. The van der Waals surface area contributed by atoms with Crippen molar-refractivity contribution in [1.82, 2.24) is 9.03 Å². The number of nitrogens with one attached hydrogen (secondary N) is 1. The van der Waals surface area contributed by atoms with Crippen LogP contribution in [0.5, 0.6) is 0 Å². The normalized spacial score (nSPS) is 20.0. The lowest BCUT2D eigenvalue weighted by atomic mass is 9.94. The van der Waals surface area contributed by atoms with Crippen LogP contribution in [0.4, 0.5) is 0 Å². The highest BCUT2D eigenvalue weighted by molar-refractivity contribution is 7.87. The summed E-state index contributed by atoms with van der Waals surface area (Å²) in [7, 11) is -3.88. The molecule has 0 radical (unpaired) electrons. The smallest absolute Gasteiger partial charge is 0.326 e. The van der Waals surface area contributed by atoms with E-state index in [2.05, 4.69) is 4.72 Å². The van der Waals surface area contributed by atoms with Crippen molar-refractivity contribution in [2.45, 2.75) is 38.8 Å². The summed E-state index contributed by atoms with van der Waals surface area (Å²) in [6, 6.07) is 5.88. The van der Waals surface area contributed by atoms with Gasteiger partial charge >= 0.3 is 5.97 Å². The zero-order chi connectivity index (χ0) is 15.8. The van der Waals surface area contributed by atoms with Crippen LogP contribution in [0.1, 0.15) is 37.9 Å². The van der Waals surface area contributed by atoms with Crippen LogP contribution in [0.25, 0.3) is 0 Å². The Bertz CT molecular complexity index is 649. The Kier molecular flexibility index (Phi) is 4.10. The van der Waals surface area contributed by atoms with Crippen LogP contribution in [0, 0.1) is 0 Å². The molecule has 0 saturated heterocycles. The molecule has 21 heavy (non-hydrogen) atoms. The molecule has 7 heteroatoms. The first-order chi connectivity index (χ1) is 9.62. The van der Waals surface area contributed by atoms with Crippen LogP contribution in [0.3, 0.4) is 0 Å². The van der Waals surface area contributed by atoms with Crippen molar-refractivity contribution in [2.24, 2.45) is 0 Å². The van der Waals surface area contributed by atoms with E-state index in [0.29, 0.717) is 12.0 Å². The van der Waals surface area contributed by atoms with Crippen LogP contribution in [0.2, 0.25) is 0 Å². The number of benzene rings is 1. The second kappa shape index (κ2) is 5.40. The molecule has 0 saturated carbocycles. The topological polar surface area (TPSA) is 86.7 Å². The maximum atomic E-state index is 12.5.